The van der Waals surface area contributed by atoms with Gasteiger partial charge in [-0.1, -0.05) is 0 Å². The van der Waals surface area contributed by atoms with E-state index < -0.39 is 4.92 Å². The lowest BCUT2D eigenvalue weighted by Crippen LogP contribution is -2.58. The first-order chi connectivity index (χ1) is 10.2. The van der Waals surface area contributed by atoms with E-state index in [1.54, 1.807) is 13.2 Å². The summed E-state index contributed by atoms with van der Waals surface area (Å²) in [6, 6.07) is 5.17. The normalized spacial score (nSPS) is 22.7. The van der Waals surface area contributed by atoms with Crippen LogP contribution < -0.4 is 9.64 Å². The Balaban J connectivity index is 1.81. The molecule has 0 aromatic heterocycles. The summed E-state index contributed by atoms with van der Waals surface area (Å²) in [6.45, 7) is 5.26. The van der Waals surface area contributed by atoms with Gasteiger partial charge in [-0.2, -0.15) is 0 Å². The lowest BCUT2D eigenvalue weighted by Gasteiger charge is -2.44. The molecule has 0 bridgehead atoms. The molecular weight excluding hydrogens is 274 g/mol. The van der Waals surface area contributed by atoms with Crippen molar-refractivity contribution in [2.75, 3.05) is 51.4 Å². The third-order valence-electron chi connectivity index (χ3n) is 4.15. The van der Waals surface area contributed by atoms with Crippen molar-refractivity contribution in [1.29, 1.82) is 0 Å². The smallest absolute Gasteiger partial charge is 0.273 e. The van der Waals surface area contributed by atoms with Gasteiger partial charge < -0.3 is 14.4 Å². The minimum atomic E-state index is -0.404. The fraction of sp³-hybridized carbons (Fsp3) is 0.571. The number of ether oxygens (including phenoxy) is 2. The van der Waals surface area contributed by atoms with Crippen molar-refractivity contribution < 1.29 is 14.4 Å². The summed E-state index contributed by atoms with van der Waals surface area (Å²) in [7, 11) is 1.54. The van der Waals surface area contributed by atoms with Gasteiger partial charge in [-0.3, -0.25) is 15.0 Å². The van der Waals surface area contributed by atoms with Gasteiger partial charge in [0.1, 0.15) is 5.75 Å². The van der Waals surface area contributed by atoms with E-state index in [0.29, 0.717) is 11.8 Å². The van der Waals surface area contributed by atoms with Gasteiger partial charge in [-0.05, 0) is 6.07 Å². The molecule has 2 fully saturated rings. The van der Waals surface area contributed by atoms with E-state index in [-0.39, 0.29) is 5.69 Å². The Bertz CT molecular complexity index is 537. The summed E-state index contributed by atoms with van der Waals surface area (Å²) in [4.78, 5) is 15.1. The number of piperazine rings is 1. The second kappa shape index (κ2) is 5.87. The highest BCUT2D eigenvalue weighted by atomic mass is 16.6. The highest BCUT2D eigenvalue weighted by Crippen LogP contribution is 2.33. The number of hydrogen-bond acceptors (Lipinski definition) is 6. The molecule has 7 heteroatoms. The average molecular weight is 293 g/mol. The minimum Gasteiger partial charge on any atom is -0.494 e. The molecule has 1 unspecified atom stereocenters. The number of methoxy groups -OCH3 is 1. The van der Waals surface area contributed by atoms with Crippen LogP contribution in [0, 0.1) is 10.1 Å². The lowest BCUT2D eigenvalue weighted by atomic mass is 10.1. The van der Waals surface area contributed by atoms with Crippen LogP contribution in [-0.4, -0.2) is 62.4 Å². The molecule has 0 saturated carbocycles. The maximum atomic E-state index is 10.9. The molecule has 3 rings (SSSR count). The van der Waals surface area contributed by atoms with Crippen molar-refractivity contribution in [3.05, 3.63) is 28.3 Å². The third kappa shape index (κ3) is 2.79. The number of non-ortho nitro benzene ring substituents is 1. The number of nitro groups is 1. The molecular formula is C14H19N3O4. The predicted octanol–water partition coefficient (Wildman–Crippen LogP) is 1.12. The maximum absolute atomic E-state index is 10.9. The Hall–Kier alpha value is -1.86. The first-order valence-electron chi connectivity index (χ1n) is 7.08. The van der Waals surface area contributed by atoms with Gasteiger partial charge in [0, 0.05) is 32.2 Å². The summed E-state index contributed by atoms with van der Waals surface area (Å²) in [5, 5.41) is 10.9. The van der Waals surface area contributed by atoms with Crippen LogP contribution in [0.3, 0.4) is 0 Å². The average Bonchev–Trinajstić information content (AvgIpc) is 2.53. The van der Waals surface area contributed by atoms with Crippen LogP contribution in [0.2, 0.25) is 0 Å². The topological polar surface area (TPSA) is 68.1 Å². The van der Waals surface area contributed by atoms with E-state index in [2.05, 4.69) is 9.80 Å². The zero-order chi connectivity index (χ0) is 14.8. The molecule has 114 valence electrons. The van der Waals surface area contributed by atoms with Gasteiger partial charge in [0.2, 0.25) is 0 Å². The van der Waals surface area contributed by atoms with Gasteiger partial charge in [0.25, 0.3) is 5.69 Å². The quantitative estimate of drug-likeness (QED) is 0.614. The summed E-state index contributed by atoms with van der Waals surface area (Å²) in [5.74, 6) is 0.550. The molecule has 0 spiro atoms. The Labute approximate surface area is 123 Å². The first kappa shape index (κ1) is 14.1. The summed E-state index contributed by atoms with van der Waals surface area (Å²) < 4.78 is 10.9. The number of nitrogens with zero attached hydrogens (tertiary/aromatic N) is 3. The SMILES string of the molecule is COc1cc([N+](=O)[O-])ccc1N1CCN2CCOCC2C1. The fourth-order valence-electron chi connectivity index (χ4n) is 3.01. The van der Waals surface area contributed by atoms with Crippen LogP contribution in [-0.2, 0) is 4.74 Å². The molecule has 2 aliphatic rings. The van der Waals surface area contributed by atoms with Crippen molar-refractivity contribution in [3.63, 3.8) is 0 Å². The summed E-state index contributed by atoms with van der Waals surface area (Å²) in [6.07, 6.45) is 0. The number of rotatable bonds is 3. The van der Waals surface area contributed by atoms with E-state index in [9.17, 15) is 10.1 Å². The molecule has 0 N–H and O–H groups in total. The largest absolute Gasteiger partial charge is 0.494 e. The highest BCUT2D eigenvalue weighted by Gasteiger charge is 2.30. The van der Waals surface area contributed by atoms with Crippen LogP contribution >= 0.6 is 0 Å². The Kier molecular flexibility index (Phi) is 3.94. The number of hydrogen-bond donors (Lipinski definition) is 0. The van der Waals surface area contributed by atoms with Crippen molar-refractivity contribution in [1.82, 2.24) is 4.90 Å². The molecule has 0 aliphatic carbocycles. The van der Waals surface area contributed by atoms with E-state index >= 15 is 0 Å². The Morgan fingerprint density at radius 2 is 2.24 bits per heavy atom. The summed E-state index contributed by atoms with van der Waals surface area (Å²) >= 11 is 0. The van der Waals surface area contributed by atoms with Crippen molar-refractivity contribution in [3.8, 4) is 5.75 Å². The molecule has 7 nitrogen and oxygen atoms in total. The van der Waals surface area contributed by atoms with Crippen LogP contribution in [0.1, 0.15) is 0 Å². The van der Waals surface area contributed by atoms with Gasteiger partial charge >= 0.3 is 0 Å². The summed E-state index contributed by atoms with van der Waals surface area (Å²) in [5.41, 5.74) is 0.962. The van der Waals surface area contributed by atoms with E-state index in [1.807, 2.05) is 0 Å². The van der Waals surface area contributed by atoms with Crippen molar-refractivity contribution >= 4 is 11.4 Å². The molecule has 2 heterocycles. The lowest BCUT2D eigenvalue weighted by molar-refractivity contribution is -0.384. The van der Waals surface area contributed by atoms with E-state index in [1.165, 1.54) is 12.1 Å². The zero-order valence-electron chi connectivity index (χ0n) is 12.0. The zero-order valence-corrected chi connectivity index (χ0v) is 12.0. The number of nitro benzene ring substituents is 1. The number of anilines is 1. The maximum Gasteiger partial charge on any atom is 0.273 e. The molecule has 2 saturated heterocycles. The predicted molar refractivity (Wildman–Crippen MR) is 78.0 cm³/mol. The van der Waals surface area contributed by atoms with E-state index in [0.717, 1.165) is 45.1 Å². The minimum absolute atomic E-state index is 0.0511. The molecule has 1 aromatic rings. The number of fused-ring (bicyclic) bond motifs is 1. The standard InChI is InChI=1S/C14H19N3O4/c1-20-14-8-11(17(18)19)2-3-13(14)16-5-4-15-6-7-21-10-12(15)9-16/h2-3,8,12H,4-7,9-10H2,1H3. The monoisotopic (exact) mass is 293 g/mol. The van der Waals surface area contributed by atoms with Crippen LogP contribution in [0.5, 0.6) is 5.75 Å². The van der Waals surface area contributed by atoms with E-state index in [4.69, 9.17) is 9.47 Å². The van der Waals surface area contributed by atoms with Crippen LogP contribution in [0.15, 0.2) is 18.2 Å². The Morgan fingerprint density at radius 3 is 3.00 bits per heavy atom. The highest BCUT2D eigenvalue weighted by molar-refractivity contribution is 5.62. The molecule has 0 radical (unpaired) electrons. The number of benzene rings is 1. The van der Waals surface area contributed by atoms with Crippen LogP contribution in [0.4, 0.5) is 11.4 Å². The second-order valence-corrected chi connectivity index (χ2v) is 5.32. The van der Waals surface area contributed by atoms with Gasteiger partial charge in [-0.25, -0.2) is 0 Å². The molecule has 21 heavy (non-hydrogen) atoms. The second-order valence-electron chi connectivity index (χ2n) is 5.32. The third-order valence-corrected chi connectivity index (χ3v) is 4.15. The number of morpholine rings is 1. The molecule has 2 aliphatic heterocycles. The van der Waals surface area contributed by atoms with Crippen LogP contribution in [0.25, 0.3) is 0 Å². The van der Waals surface area contributed by atoms with Gasteiger partial charge in [-0.15, -0.1) is 0 Å². The van der Waals surface area contributed by atoms with Crippen molar-refractivity contribution in [2.45, 2.75) is 6.04 Å². The molecule has 1 aromatic carbocycles. The molecule has 1 atom stereocenters. The molecule has 0 amide bonds. The van der Waals surface area contributed by atoms with Gasteiger partial charge in [0.05, 0.1) is 43.0 Å². The Morgan fingerprint density at radius 1 is 1.38 bits per heavy atom. The van der Waals surface area contributed by atoms with Crippen molar-refractivity contribution in [2.24, 2.45) is 0 Å². The van der Waals surface area contributed by atoms with Gasteiger partial charge in [0.15, 0.2) is 0 Å². The first-order valence-corrected chi connectivity index (χ1v) is 7.08. The fourth-order valence-corrected chi connectivity index (χ4v) is 3.01.